The maximum atomic E-state index is 10.9. The van der Waals surface area contributed by atoms with Gasteiger partial charge in [0, 0.05) is 25.2 Å². The Balaban J connectivity index is 2.50. The molecule has 1 rings (SSSR count). The lowest BCUT2D eigenvalue weighted by molar-refractivity contribution is -0.114. The lowest BCUT2D eigenvalue weighted by atomic mass is 10.3. The molecule has 3 N–H and O–H groups in total. The fraction of sp³-hybridized carbons (Fsp3) is 0.417. The highest BCUT2D eigenvalue weighted by molar-refractivity contribution is 5.88. The summed E-state index contributed by atoms with van der Waals surface area (Å²) in [5.74, 6) is 0.490. The zero-order valence-electron chi connectivity index (χ0n) is 10.1. The van der Waals surface area contributed by atoms with Crippen LogP contribution in [0.4, 0.5) is 5.69 Å². The molecule has 0 aliphatic heterocycles. The van der Waals surface area contributed by atoms with Crippen molar-refractivity contribution in [3.8, 4) is 5.75 Å². The third-order valence-corrected chi connectivity index (χ3v) is 2.04. The SMILES string of the molecule is CNCC(O)COc1cccc(NC(C)=O)c1. The maximum absolute atomic E-state index is 10.9. The second-order valence-electron chi connectivity index (χ2n) is 3.73. The van der Waals surface area contributed by atoms with Gasteiger partial charge >= 0.3 is 0 Å². The van der Waals surface area contributed by atoms with E-state index in [9.17, 15) is 9.90 Å². The summed E-state index contributed by atoms with van der Waals surface area (Å²) < 4.78 is 5.40. The number of anilines is 1. The molecule has 0 fully saturated rings. The number of rotatable bonds is 6. The van der Waals surface area contributed by atoms with Crippen molar-refractivity contribution >= 4 is 11.6 Å². The number of hydrogen-bond acceptors (Lipinski definition) is 4. The van der Waals surface area contributed by atoms with Gasteiger partial charge in [-0.2, -0.15) is 0 Å². The van der Waals surface area contributed by atoms with Crippen LogP contribution in [0.1, 0.15) is 6.92 Å². The molecule has 0 saturated heterocycles. The van der Waals surface area contributed by atoms with E-state index < -0.39 is 6.10 Å². The molecule has 0 bridgehead atoms. The molecular formula is C12H18N2O3. The van der Waals surface area contributed by atoms with Crippen LogP contribution in [-0.4, -0.2) is 37.3 Å². The van der Waals surface area contributed by atoms with E-state index in [1.807, 2.05) is 0 Å². The number of ether oxygens (including phenoxy) is 1. The molecule has 1 amide bonds. The number of likely N-dealkylation sites (N-methyl/N-ethyl adjacent to an activating group) is 1. The highest BCUT2D eigenvalue weighted by atomic mass is 16.5. The Kier molecular flexibility index (Phi) is 5.45. The van der Waals surface area contributed by atoms with Crippen LogP contribution in [0.15, 0.2) is 24.3 Å². The van der Waals surface area contributed by atoms with Gasteiger partial charge in [-0.1, -0.05) is 6.07 Å². The van der Waals surface area contributed by atoms with E-state index >= 15 is 0 Å². The van der Waals surface area contributed by atoms with Crippen molar-refractivity contribution in [3.05, 3.63) is 24.3 Å². The Bertz CT molecular complexity index is 369. The van der Waals surface area contributed by atoms with Crippen LogP contribution in [0.25, 0.3) is 0 Å². The minimum atomic E-state index is -0.551. The minimum absolute atomic E-state index is 0.127. The summed E-state index contributed by atoms with van der Waals surface area (Å²) in [5, 5.41) is 15.0. The molecule has 17 heavy (non-hydrogen) atoms. The Hall–Kier alpha value is -1.59. The number of benzene rings is 1. The van der Waals surface area contributed by atoms with Crippen molar-refractivity contribution in [2.45, 2.75) is 13.0 Å². The third-order valence-electron chi connectivity index (χ3n) is 2.04. The van der Waals surface area contributed by atoms with E-state index in [-0.39, 0.29) is 12.5 Å². The maximum Gasteiger partial charge on any atom is 0.221 e. The van der Waals surface area contributed by atoms with E-state index in [1.165, 1.54) is 6.92 Å². The number of carbonyl (C=O) groups excluding carboxylic acids is 1. The standard InChI is InChI=1S/C12H18N2O3/c1-9(15)14-10-4-3-5-12(6-10)17-8-11(16)7-13-2/h3-6,11,13,16H,7-8H2,1-2H3,(H,14,15). The van der Waals surface area contributed by atoms with Crippen LogP contribution in [0.5, 0.6) is 5.75 Å². The summed E-state index contributed by atoms with van der Waals surface area (Å²) in [6, 6.07) is 7.05. The van der Waals surface area contributed by atoms with Gasteiger partial charge in [-0.05, 0) is 19.2 Å². The first-order chi connectivity index (χ1) is 8.11. The Morgan fingerprint density at radius 1 is 1.53 bits per heavy atom. The summed E-state index contributed by atoms with van der Waals surface area (Å²) in [6.45, 7) is 2.14. The molecule has 0 aliphatic carbocycles. The highest BCUT2D eigenvalue weighted by Gasteiger charge is 2.04. The largest absolute Gasteiger partial charge is 0.491 e. The minimum Gasteiger partial charge on any atom is -0.491 e. The molecule has 0 saturated carbocycles. The molecule has 1 aromatic carbocycles. The van der Waals surface area contributed by atoms with E-state index in [4.69, 9.17) is 4.74 Å². The lowest BCUT2D eigenvalue weighted by Crippen LogP contribution is -2.29. The first-order valence-corrected chi connectivity index (χ1v) is 5.45. The van der Waals surface area contributed by atoms with E-state index in [1.54, 1.807) is 31.3 Å². The molecule has 1 unspecified atom stereocenters. The van der Waals surface area contributed by atoms with E-state index in [0.29, 0.717) is 18.0 Å². The number of aliphatic hydroxyl groups is 1. The van der Waals surface area contributed by atoms with Gasteiger partial charge in [0.15, 0.2) is 0 Å². The zero-order chi connectivity index (χ0) is 12.7. The predicted molar refractivity (Wildman–Crippen MR) is 66.2 cm³/mol. The summed E-state index contributed by atoms with van der Waals surface area (Å²) in [7, 11) is 1.76. The van der Waals surface area contributed by atoms with Gasteiger partial charge in [0.25, 0.3) is 0 Å². The second kappa shape index (κ2) is 6.88. The molecule has 5 nitrogen and oxygen atoms in total. The molecule has 0 radical (unpaired) electrons. The number of carbonyl (C=O) groups is 1. The normalized spacial score (nSPS) is 11.9. The topological polar surface area (TPSA) is 70.6 Å². The first kappa shape index (κ1) is 13.5. The molecule has 0 aliphatic rings. The van der Waals surface area contributed by atoms with Crippen LogP contribution in [-0.2, 0) is 4.79 Å². The van der Waals surface area contributed by atoms with E-state index in [2.05, 4.69) is 10.6 Å². The molecule has 5 heteroatoms. The fourth-order valence-electron chi connectivity index (χ4n) is 1.35. The van der Waals surface area contributed by atoms with Gasteiger partial charge < -0.3 is 20.5 Å². The number of amides is 1. The van der Waals surface area contributed by atoms with Crippen molar-refractivity contribution in [3.63, 3.8) is 0 Å². The summed E-state index contributed by atoms with van der Waals surface area (Å²) in [6.07, 6.45) is -0.551. The van der Waals surface area contributed by atoms with Gasteiger partial charge in [0.2, 0.25) is 5.91 Å². The van der Waals surface area contributed by atoms with Gasteiger partial charge in [0.1, 0.15) is 18.5 Å². The number of hydrogen-bond donors (Lipinski definition) is 3. The Labute approximate surface area is 101 Å². The van der Waals surface area contributed by atoms with Crippen LogP contribution in [0.2, 0.25) is 0 Å². The molecule has 1 atom stereocenters. The molecular weight excluding hydrogens is 220 g/mol. The first-order valence-electron chi connectivity index (χ1n) is 5.45. The van der Waals surface area contributed by atoms with Crippen molar-refractivity contribution < 1.29 is 14.6 Å². The summed E-state index contributed by atoms with van der Waals surface area (Å²) in [4.78, 5) is 10.9. The highest BCUT2D eigenvalue weighted by Crippen LogP contribution is 2.17. The summed E-state index contributed by atoms with van der Waals surface area (Å²) >= 11 is 0. The van der Waals surface area contributed by atoms with Crippen LogP contribution in [0.3, 0.4) is 0 Å². The quantitative estimate of drug-likeness (QED) is 0.679. The van der Waals surface area contributed by atoms with Gasteiger partial charge in [0.05, 0.1) is 0 Å². The number of aliphatic hydroxyl groups excluding tert-OH is 1. The monoisotopic (exact) mass is 238 g/mol. The van der Waals surface area contributed by atoms with Crippen LogP contribution < -0.4 is 15.4 Å². The van der Waals surface area contributed by atoms with Crippen molar-refractivity contribution in [2.75, 3.05) is 25.5 Å². The van der Waals surface area contributed by atoms with Crippen LogP contribution in [0, 0.1) is 0 Å². The van der Waals surface area contributed by atoms with Gasteiger partial charge in [-0.3, -0.25) is 4.79 Å². The fourth-order valence-corrected chi connectivity index (χ4v) is 1.35. The zero-order valence-corrected chi connectivity index (χ0v) is 10.1. The Morgan fingerprint density at radius 3 is 2.94 bits per heavy atom. The van der Waals surface area contributed by atoms with Crippen molar-refractivity contribution in [2.24, 2.45) is 0 Å². The van der Waals surface area contributed by atoms with Crippen LogP contribution >= 0.6 is 0 Å². The molecule has 0 aromatic heterocycles. The van der Waals surface area contributed by atoms with E-state index in [0.717, 1.165) is 0 Å². The average molecular weight is 238 g/mol. The van der Waals surface area contributed by atoms with Gasteiger partial charge in [-0.25, -0.2) is 0 Å². The Morgan fingerprint density at radius 2 is 2.29 bits per heavy atom. The number of nitrogens with one attached hydrogen (secondary N) is 2. The molecule has 0 spiro atoms. The lowest BCUT2D eigenvalue weighted by Gasteiger charge is -2.12. The predicted octanol–water partition coefficient (Wildman–Crippen LogP) is 0.604. The smallest absolute Gasteiger partial charge is 0.221 e. The second-order valence-corrected chi connectivity index (χ2v) is 3.73. The van der Waals surface area contributed by atoms with Crippen molar-refractivity contribution in [1.82, 2.24) is 5.32 Å². The van der Waals surface area contributed by atoms with Gasteiger partial charge in [-0.15, -0.1) is 0 Å². The molecule has 0 heterocycles. The molecule has 1 aromatic rings. The summed E-state index contributed by atoms with van der Waals surface area (Å²) in [5.41, 5.74) is 0.679. The molecule has 94 valence electrons. The van der Waals surface area contributed by atoms with Crippen molar-refractivity contribution in [1.29, 1.82) is 0 Å². The third kappa shape index (κ3) is 5.33. The average Bonchev–Trinajstić information content (AvgIpc) is 2.26.